The molecule has 0 fully saturated rings. The average Bonchev–Trinajstić information content (AvgIpc) is 2.51. The molecule has 1 nitrogen and oxygen atoms in total. The lowest BCUT2D eigenvalue weighted by Crippen LogP contribution is -2.28. The molecule has 0 aliphatic heterocycles. The third-order valence-electron chi connectivity index (χ3n) is 4.39. The van der Waals surface area contributed by atoms with Gasteiger partial charge in [-0.05, 0) is 70.3 Å². The zero-order valence-corrected chi connectivity index (χ0v) is 13.3. The van der Waals surface area contributed by atoms with Crippen molar-refractivity contribution in [3.8, 4) is 0 Å². The van der Waals surface area contributed by atoms with Crippen molar-refractivity contribution in [2.75, 3.05) is 0 Å². The van der Waals surface area contributed by atoms with Gasteiger partial charge in [-0.3, -0.25) is 0 Å². The third-order valence-corrected chi connectivity index (χ3v) is 5.28. The van der Waals surface area contributed by atoms with E-state index in [4.69, 9.17) is 0 Å². The summed E-state index contributed by atoms with van der Waals surface area (Å²) < 4.78 is 14.0. The molecule has 0 spiro atoms. The van der Waals surface area contributed by atoms with Crippen LogP contribution in [0.4, 0.5) is 4.39 Å². The first-order chi connectivity index (χ1) is 10.1. The minimum atomic E-state index is -0.434. The van der Waals surface area contributed by atoms with Gasteiger partial charge >= 0.3 is 0 Å². The van der Waals surface area contributed by atoms with E-state index in [-0.39, 0.29) is 11.7 Å². The van der Waals surface area contributed by atoms with E-state index in [2.05, 4.69) is 40.2 Å². The normalized spacial score (nSPS) is 19.1. The minimum Gasteiger partial charge on any atom is -0.392 e. The van der Waals surface area contributed by atoms with E-state index in [1.807, 2.05) is 6.07 Å². The topological polar surface area (TPSA) is 20.2 Å². The first-order valence-electron chi connectivity index (χ1n) is 7.33. The molecule has 21 heavy (non-hydrogen) atoms. The van der Waals surface area contributed by atoms with E-state index in [1.165, 1.54) is 17.2 Å². The van der Waals surface area contributed by atoms with E-state index >= 15 is 0 Å². The Hall–Kier alpha value is -1.19. The highest BCUT2D eigenvalue weighted by atomic mass is 79.9. The average molecular weight is 349 g/mol. The smallest absolute Gasteiger partial charge is 0.137 e. The summed E-state index contributed by atoms with van der Waals surface area (Å²) in [5, 5.41) is 10.5. The van der Waals surface area contributed by atoms with Crippen molar-refractivity contribution in [1.82, 2.24) is 0 Å². The first-order valence-corrected chi connectivity index (χ1v) is 8.12. The van der Waals surface area contributed by atoms with Crippen LogP contribution in [0.2, 0.25) is 0 Å². The van der Waals surface area contributed by atoms with Crippen LogP contribution in [0.5, 0.6) is 0 Å². The molecule has 2 aromatic rings. The van der Waals surface area contributed by atoms with Crippen molar-refractivity contribution in [2.45, 2.75) is 31.8 Å². The van der Waals surface area contributed by atoms with Gasteiger partial charge in [-0.2, -0.15) is 0 Å². The quantitative estimate of drug-likeness (QED) is 0.876. The molecule has 2 atom stereocenters. The van der Waals surface area contributed by atoms with Gasteiger partial charge in [0.1, 0.15) is 5.82 Å². The molecule has 1 N–H and O–H groups in total. The highest BCUT2D eigenvalue weighted by molar-refractivity contribution is 9.10. The Morgan fingerprint density at radius 1 is 1.14 bits per heavy atom. The van der Waals surface area contributed by atoms with Crippen LogP contribution in [-0.4, -0.2) is 11.2 Å². The lowest BCUT2D eigenvalue weighted by Gasteiger charge is -2.28. The fourth-order valence-corrected chi connectivity index (χ4v) is 3.58. The van der Waals surface area contributed by atoms with Crippen LogP contribution in [0.3, 0.4) is 0 Å². The number of halogens is 2. The van der Waals surface area contributed by atoms with Crippen LogP contribution in [0, 0.1) is 11.7 Å². The SMILES string of the molecule is OC(Cc1cccc(F)c1Br)C1CCc2ccccc2C1. The minimum absolute atomic E-state index is 0.245. The Balaban J connectivity index is 1.72. The molecule has 0 amide bonds. The van der Waals surface area contributed by atoms with Crippen molar-refractivity contribution in [1.29, 1.82) is 0 Å². The van der Waals surface area contributed by atoms with Gasteiger partial charge in [0, 0.05) is 0 Å². The Bertz CT molecular complexity index is 641. The Kier molecular flexibility index (Phi) is 4.41. The van der Waals surface area contributed by atoms with Gasteiger partial charge in [-0.15, -0.1) is 0 Å². The molecule has 0 bridgehead atoms. The molecule has 0 heterocycles. The number of aliphatic hydroxyl groups is 1. The zero-order valence-electron chi connectivity index (χ0n) is 11.7. The van der Waals surface area contributed by atoms with Gasteiger partial charge in [0.25, 0.3) is 0 Å². The predicted molar refractivity (Wildman–Crippen MR) is 85.8 cm³/mol. The molecule has 1 aliphatic rings. The van der Waals surface area contributed by atoms with E-state index in [9.17, 15) is 9.50 Å². The van der Waals surface area contributed by atoms with Crippen LogP contribution in [0.25, 0.3) is 0 Å². The van der Waals surface area contributed by atoms with Crippen molar-refractivity contribution >= 4 is 15.9 Å². The molecule has 2 aromatic carbocycles. The number of fused-ring (bicyclic) bond motifs is 1. The molecule has 2 unspecified atom stereocenters. The Morgan fingerprint density at radius 2 is 1.90 bits per heavy atom. The van der Waals surface area contributed by atoms with Gasteiger partial charge < -0.3 is 5.11 Å². The highest BCUT2D eigenvalue weighted by Gasteiger charge is 2.25. The Labute approximate surface area is 132 Å². The predicted octanol–water partition coefficient (Wildman–Crippen LogP) is 4.30. The second kappa shape index (κ2) is 6.29. The molecule has 0 radical (unpaired) electrons. The van der Waals surface area contributed by atoms with E-state index < -0.39 is 6.10 Å². The summed E-state index contributed by atoms with van der Waals surface area (Å²) in [5.41, 5.74) is 3.57. The fraction of sp³-hybridized carbons (Fsp3) is 0.333. The second-order valence-corrected chi connectivity index (χ2v) is 6.55. The number of hydrogen-bond donors (Lipinski definition) is 1. The molecule has 0 aromatic heterocycles. The number of aryl methyl sites for hydroxylation is 1. The summed E-state index contributed by atoms with van der Waals surface area (Å²) >= 11 is 3.27. The third kappa shape index (κ3) is 3.19. The lowest BCUT2D eigenvalue weighted by atomic mass is 9.79. The van der Waals surface area contributed by atoms with Gasteiger partial charge in [0.15, 0.2) is 0 Å². The maximum Gasteiger partial charge on any atom is 0.137 e. The van der Waals surface area contributed by atoms with Crippen LogP contribution >= 0.6 is 15.9 Å². The summed E-state index contributed by atoms with van der Waals surface area (Å²) in [4.78, 5) is 0. The lowest BCUT2D eigenvalue weighted by molar-refractivity contribution is 0.0991. The van der Waals surface area contributed by atoms with Crippen LogP contribution in [0.15, 0.2) is 46.9 Å². The summed E-state index contributed by atoms with van der Waals surface area (Å²) in [6, 6.07) is 13.4. The molecular formula is C18H18BrFO. The largest absolute Gasteiger partial charge is 0.392 e. The number of rotatable bonds is 3. The van der Waals surface area contributed by atoms with Crippen LogP contribution in [0.1, 0.15) is 23.1 Å². The van der Waals surface area contributed by atoms with E-state index in [1.54, 1.807) is 6.07 Å². The van der Waals surface area contributed by atoms with E-state index in [0.717, 1.165) is 24.8 Å². The van der Waals surface area contributed by atoms with E-state index in [0.29, 0.717) is 10.9 Å². The monoisotopic (exact) mass is 348 g/mol. The summed E-state index contributed by atoms with van der Waals surface area (Å²) in [6.07, 6.45) is 2.97. The molecule has 110 valence electrons. The molecular weight excluding hydrogens is 331 g/mol. The van der Waals surface area contributed by atoms with Gasteiger partial charge in [0.2, 0.25) is 0 Å². The summed E-state index contributed by atoms with van der Waals surface area (Å²) in [6.45, 7) is 0. The van der Waals surface area contributed by atoms with Crippen molar-refractivity contribution < 1.29 is 9.50 Å². The Morgan fingerprint density at radius 3 is 2.71 bits per heavy atom. The number of aliphatic hydroxyl groups excluding tert-OH is 1. The fourth-order valence-electron chi connectivity index (χ4n) is 3.15. The molecule has 3 heteroatoms. The van der Waals surface area contributed by atoms with Gasteiger partial charge in [-0.1, -0.05) is 36.4 Å². The van der Waals surface area contributed by atoms with Crippen molar-refractivity contribution in [3.05, 3.63) is 69.4 Å². The maximum atomic E-state index is 13.5. The standard InChI is InChI=1S/C18H18BrFO/c19-18-15(6-3-7-16(18)20)11-17(21)14-9-8-12-4-1-2-5-13(12)10-14/h1-7,14,17,21H,8-11H2. The molecule has 1 aliphatic carbocycles. The van der Waals surface area contributed by atoms with Crippen LogP contribution < -0.4 is 0 Å². The van der Waals surface area contributed by atoms with Crippen LogP contribution in [-0.2, 0) is 19.3 Å². The van der Waals surface area contributed by atoms with Gasteiger partial charge in [-0.25, -0.2) is 4.39 Å². The van der Waals surface area contributed by atoms with Crippen molar-refractivity contribution in [3.63, 3.8) is 0 Å². The second-order valence-electron chi connectivity index (χ2n) is 5.76. The molecule has 0 saturated carbocycles. The molecule has 0 saturated heterocycles. The van der Waals surface area contributed by atoms with Crippen molar-refractivity contribution in [2.24, 2.45) is 5.92 Å². The molecule has 3 rings (SSSR count). The number of hydrogen-bond acceptors (Lipinski definition) is 1. The first kappa shape index (κ1) is 14.7. The number of benzene rings is 2. The van der Waals surface area contributed by atoms with Gasteiger partial charge in [0.05, 0.1) is 10.6 Å². The summed E-state index contributed by atoms with van der Waals surface area (Å²) in [7, 11) is 0. The zero-order chi connectivity index (χ0) is 14.8. The maximum absolute atomic E-state index is 13.5. The highest BCUT2D eigenvalue weighted by Crippen LogP contribution is 2.30. The summed E-state index contributed by atoms with van der Waals surface area (Å²) in [5.74, 6) is -0.0243.